The van der Waals surface area contributed by atoms with Gasteiger partial charge >= 0.3 is 0 Å². The molecule has 0 saturated carbocycles. The number of carbonyl (C=O) groups excluding carboxylic acids is 1. The Morgan fingerprint density at radius 2 is 2.25 bits per heavy atom. The van der Waals surface area contributed by atoms with Crippen molar-refractivity contribution in [2.45, 2.75) is 32.8 Å². The zero-order chi connectivity index (χ0) is 15.0. The number of ether oxygens (including phenoxy) is 1. The number of aromatic nitrogens is 1. The Kier molecular flexibility index (Phi) is 7.50. The van der Waals surface area contributed by atoms with E-state index < -0.39 is 0 Å². The lowest BCUT2D eigenvalue weighted by atomic mass is 10.2. The maximum Gasteiger partial charge on any atom is 0.255 e. The molecule has 1 aromatic rings. The number of unbranched alkanes of at least 4 members (excludes halogenated alkanes) is 1. The van der Waals surface area contributed by atoms with E-state index in [1.165, 1.54) is 0 Å². The number of pyridine rings is 1. The number of halogens is 1. The predicted molar refractivity (Wildman–Crippen MR) is 82.4 cm³/mol. The van der Waals surface area contributed by atoms with Gasteiger partial charge in [-0.1, -0.05) is 0 Å². The number of anilines is 1. The van der Waals surface area contributed by atoms with E-state index in [2.05, 4.69) is 31.7 Å². The fourth-order valence-electron chi connectivity index (χ4n) is 1.57. The highest BCUT2D eigenvalue weighted by atomic mass is 79.9. The molecule has 0 spiro atoms. The first-order valence-corrected chi connectivity index (χ1v) is 7.36. The minimum absolute atomic E-state index is 0.198. The van der Waals surface area contributed by atoms with E-state index in [4.69, 9.17) is 10.6 Å². The van der Waals surface area contributed by atoms with Gasteiger partial charge in [-0.2, -0.15) is 0 Å². The molecule has 0 aliphatic heterocycles. The highest BCUT2D eigenvalue weighted by Crippen LogP contribution is 2.17. The first-order chi connectivity index (χ1) is 9.54. The fraction of sp³-hybridized carbons (Fsp3) is 0.538. The van der Waals surface area contributed by atoms with E-state index in [0.717, 1.165) is 17.3 Å². The summed E-state index contributed by atoms with van der Waals surface area (Å²) in [5.41, 5.74) is 2.83. The number of nitrogens with zero attached hydrogens (tertiary/aromatic N) is 1. The van der Waals surface area contributed by atoms with Gasteiger partial charge in [-0.25, -0.2) is 10.8 Å². The van der Waals surface area contributed by atoms with E-state index >= 15 is 0 Å². The van der Waals surface area contributed by atoms with Gasteiger partial charge in [0.2, 0.25) is 0 Å². The maximum atomic E-state index is 12.0. The molecule has 0 atom stereocenters. The summed E-state index contributed by atoms with van der Waals surface area (Å²) in [5.74, 6) is 5.49. The fourth-order valence-corrected chi connectivity index (χ4v) is 1.90. The van der Waals surface area contributed by atoms with Gasteiger partial charge in [0.1, 0.15) is 0 Å². The Bertz CT molecular complexity index is 440. The van der Waals surface area contributed by atoms with Crippen molar-refractivity contribution in [3.05, 3.63) is 22.3 Å². The molecule has 4 N–H and O–H groups in total. The van der Waals surface area contributed by atoms with Crippen molar-refractivity contribution in [1.29, 1.82) is 0 Å². The highest BCUT2D eigenvalue weighted by molar-refractivity contribution is 9.10. The second-order valence-electron chi connectivity index (χ2n) is 4.58. The summed E-state index contributed by atoms with van der Waals surface area (Å²) in [6.45, 7) is 5.31. The molecule has 0 saturated heterocycles. The summed E-state index contributed by atoms with van der Waals surface area (Å²) >= 11 is 3.28. The summed E-state index contributed by atoms with van der Waals surface area (Å²) in [6.07, 6.45) is 3.60. The number of nitrogens with one attached hydrogen (secondary N) is 2. The van der Waals surface area contributed by atoms with Crippen molar-refractivity contribution < 1.29 is 9.53 Å². The molecular weight excluding hydrogens is 324 g/mol. The minimum Gasteiger partial charge on any atom is -0.379 e. The molecule has 6 nitrogen and oxygen atoms in total. The molecule has 7 heteroatoms. The molecule has 0 unspecified atom stereocenters. The number of hydrogen-bond acceptors (Lipinski definition) is 5. The van der Waals surface area contributed by atoms with Crippen LogP contribution in [0.15, 0.2) is 16.7 Å². The van der Waals surface area contributed by atoms with Crippen molar-refractivity contribution in [2.24, 2.45) is 5.84 Å². The van der Waals surface area contributed by atoms with Crippen LogP contribution in [-0.4, -0.2) is 30.1 Å². The van der Waals surface area contributed by atoms with Crippen molar-refractivity contribution in [3.8, 4) is 0 Å². The van der Waals surface area contributed by atoms with Gasteiger partial charge in [0.15, 0.2) is 5.82 Å². The van der Waals surface area contributed by atoms with E-state index in [1.54, 1.807) is 12.3 Å². The second kappa shape index (κ2) is 8.89. The van der Waals surface area contributed by atoms with Crippen LogP contribution >= 0.6 is 15.9 Å². The number of rotatable bonds is 8. The summed E-state index contributed by atoms with van der Waals surface area (Å²) in [7, 11) is 0. The monoisotopic (exact) mass is 344 g/mol. The van der Waals surface area contributed by atoms with E-state index in [1.807, 2.05) is 13.8 Å². The van der Waals surface area contributed by atoms with Crippen LogP contribution in [0.4, 0.5) is 5.82 Å². The van der Waals surface area contributed by atoms with Crippen molar-refractivity contribution in [3.63, 3.8) is 0 Å². The van der Waals surface area contributed by atoms with Gasteiger partial charge in [0.05, 0.1) is 11.7 Å². The van der Waals surface area contributed by atoms with Crippen LogP contribution in [0.25, 0.3) is 0 Å². The van der Waals surface area contributed by atoms with Crippen LogP contribution in [0.3, 0.4) is 0 Å². The summed E-state index contributed by atoms with van der Waals surface area (Å²) < 4.78 is 6.16. The van der Waals surface area contributed by atoms with Crippen molar-refractivity contribution in [1.82, 2.24) is 10.3 Å². The lowest BCUT2D eigenvalue weighted by Crippen LogP contribution is -2.27. The molecule has 1 heterocycles. The minimum atomic E-state index is -0.198. The Hall–Kier alpha value is -1.18. The van der Waals surface area contributed by atoms with Crippen LogP contribution in [0.5, 0.6) is 0 Å². The van der Waals surface area contributed by atoms with Gasteiger partial charge < -0.3 is 15.5 Å². The van der Waals surface area contributed by atoms with Crippen LogP contribution in [0.2, 0.25) is 0 Å². The average molecular weight is 345 g/mol. The van der Waals surface area contributed by atoms with Crippen molar-refractivity contribution in [2.75, 3.05) is 18.6 Å². The zero-order valence-corrected chi connectivity index (χ0v) is 13.4. The lowest BCUT2D eigenvalue weighted by molar-refractivity contribution is 0.0754. The number of nitrogen functional groups attached to an aromatic ring is 1. The van der Waals surface area contributed by atoms with Crippen LogP contribution in [-0.2, 0) is 4.74 Å². The molecule has 0 aliphatic carbocycles. The quantitative estimate of drug-likeness (QED) is 0.381. The number of hydrogen-bond donors (Lipinski definition) is 3. The molecule has 1 rings (SSSR count). The Morgan fingerprint density at radius 1 is 1.50 bits per heavy atom. The normalized spacial score (nSPS) is 10.7. The Labute approximate surface area is 127 Å². The van der Waals surface area contributed by atoms with Gasteiger partial charge in [-0.15, -0.1) is 0 Å². The third kappa shape index (κ3) is 5.85. The standard InChI is InChI=1S/C13H21BrN4O2/c1-9(2)20-6-4-3-5-16-13(19)11-7-10(14)8-17-12(11)18-15/h7-9H,3-6,15H2,1-2H3,(H,16,19)(H,17,18). The average Bonchev–Trinajstić information content (AvgIpc) is 2.42. The molecule has 1 aromatic heterocycles. The topological polar surface area (TPSA) is 89.3 Å². The number of hydrazine groups is 1. The van der Waals surface area contributed by atoms with Gasteiger partial charge in [-0.3, -0.25) is 4.79 Å². The highest BCUT2D eigenvalue weighted by Gasteiger charge is 2.12. The zero-order valence-electron chi connectivity index (χ0n) is 11.8. The second-order valence-corrected chi connectivity index (χ2v) is 5.49. The molecule has 0 radical (unpaired) electrons. The van der Waals surface area contributed by atoms with Crippen molar-refractivity contribution >= 4 is 27.7 Å². The number of carbonyl (C=O) groups is 1. The Balaban J connectivity index is 2.37. The molecule has 112 valence electrons. The lowest BCUT2D eigenvalue weighted by Gasteiger charge is -2.10. The molecule has 0 bridgehead atoms. The van der Waals surface area contributed by atoms with Gasteiger partial charge in [0.25, 0.3) is 5.91 Å². The molecular formula is C13H21BrN4O2. The smallest absolute Gasteiger partial charge is 0.255 e. The third-order valence-electron chi connectivity index (χ3n) is 2.54. The number of amides is 1. The molecule has 0 aliphatic rings. The molecule has 0 aromatic carbocycles. The maximum absolute atomic E-state index is 12.0. The molecule has 0 fully saturated rings. The number of nitrogens with two attached hydrogens (primary N) is 1. The molecule has 1 amide bonds. The SMILES string of the molecule is CC(C)OCCCCNC(=O)c1cc(Br)cnc1NN. The predicted octanol–water partition coefficient (Wildman–Crippen LogP) is 2.06. The molecule has 20 heavy (non-hydrogen) atoms. The van der Waals surface area contributed by atoms with Crippen LogP contribution in [0, 0.1) is 0 Å². The summed E-state index contributed by atoms with van der Waals surface area (Å²) in [5, 5.41) is 2.84. The first kappa shape index (κ1) is 16.9. The third-order valence-corrected chi connectivity index (χ3v) is 2.98. The van der Waals surface area contributed by atoms with E-state index in [9.17, 15) is 4.79 Å². The summed E-state index contributed by atoms with van der Waals surface area (Å²) in [6, 6.07) is 1.68. The van der Waals surface area contributed by atoms with Crippen LogP contribution in [0.1, 0.15) is 37.0 Å². The van der Waals surface area contributed by atoms with Gasteiger partial charge in [-0.05, 0) is 48.7 Å². The van der Waals surface area contributed by atoms with E-state index in [0.29, 0.717) is 24.5 Å². The van der Waals surface area contributed by atoms with Gasteiger partial charge in [0, 0.05) is 23.8 Å². The van der Waals surface area contributed by atoms with Crippen LogP contribution < -0.4 is 16.6 Å². The first-order valence-electron chi connectivity index (χ1n) is 6.56. The summed E-state index contributed by atoms with van der Waals surface area (Å²) in [4.78, 5) is 16.0. The largest absolute Gasteiger partial charge is 0.379 e. The Morgan fingerprint density at radius 3 is 2.90 bits per heavy atom. The van der Waals surface area contributed by atoms with E-state index in [-0.39, 0.29) is 12.0 Å².